The van der Waals surface area contributed by atoms with Gasteiger partial charge in [0.05, 0.1) is 12.5 Å². The van der Waals surface area contributed by atoms with E-state index in [1.54, 1.807) is 0 Å². The van der Waals surface area contributed by atoms with E-state index in [-0.39, 0.29) is 11.8 Å². The van der Waals surface area contributed by atoms with Crippen LogP contribution in [0, 0.1) is 0 Å². The summed E-state index contributed by atoms with van der Waals surface area (Å²) in [6.45, 7) is 3.93. The maximum absolute atomic E-state index is 12.5. The van der Waals surface area contributed by atoms with Crippen LogP contribution in [0.15, 0.2) is 57.5 Å². The van der Waals surface area contributed by atoms with Crippen LogP contribution in [0.1, 0.15) is 37.1 Å². The summed E-state index contributed by atoms with van der Waals surface area (Å²) in [5.41, 5.74) is 1.95. The highest BCUT2D eigenvalue weighted by Crippen LogP contribution is 2.30. The number of ether oxygens (including phenoxy) is 1. The van der Waals surface area contributed by atoms with Crippen LogP contribution in [0.4, 0.5) is 0 Å². The summed E-state index contributed by atoms with van der Waals surface area (Å²) in [6, 6.07) is 15.6. The molecule has 0 radical (unpaired) electrons. The molecule has 2 aromatic carbocycles. The van der Waals surface area contributed by atoms with E-state index in [1.165, 1.54) is 0 Å². The van der Waals surface area contributed by atoms with Gasteiger partial charge in [-0.1, -0.05) is 52.3 Å². The third-order valence-corrected chi connectivity index (χ3v) is 5.35. The Balaban J connectivity index is 1.40. The predicted molar refractivity (Wildman–Crippen MR) is 112 cm³/mol. The standard InChI is InChI=1S/C22H22BrN3O3/c1-2-10-28-19-8-6-15(7-9-19)13-26-14-17(12-20(26)27)22-24-21(25-29-22)16-4-3-5-18(23)11-16/h3-9,11,17H,2,10,12-14H2,1H3. The molecule has 1 fully saturated rings. The van der Waals surface area contributed by atoms with Crippen molar-refractivity contribution in [2.75, 3.05) is 13.2 Å². The van der Waals surface area contributed by atoms with Crippen molar-refractivity contribution < 1.29 is 14.1 Å². The van der Waals surface area contributed by atoms with Gasteiger partial charge in [-0.15, -0.1) is 0 Å². The van der Waals surface area contributed by atoms with Crippen LogP contribution in [-0.4, -0.2) is 34.1 Å². The highest BCUT2D eigenvalue weighted by molar-refractivity contribution is 9.10. The molecule has 2 heterocycles. The van der Waals surface area contributed by atoms with Gasteiger partial charge in [-0.2, -0.15) is 4.98 Å². The molecule has 0 aliphatic carbocycles. The van der Waals surface area contributed by atoms with Gasteiger partial charge in [0.1, 0.15) is 5.75 Å². The first kappa shape index (κ1) is 19.6. The molecule has 1 atom stereocenters. The minimum absolute atomic E-state index is 0.0805. The zero-order chi connectivity index (χ0) is 20.2. The van der Waals surface area contributed by atoms with E-state index in [9.17, 15) is 4.79 Å². The second kappa shape index (κ2) is 8.78. The number of benzene rings is 2. The van der Waals surface area contributed by atoms with Crippen molar-refractivity contribution in [3.63, 3.8) is 0 Å². The number of amides is 1. The van der Waals surface area contributed by atoms with Crippen LogP contribution in [0.25, 0.3) is 11.4 Å². The van der Waals surface area contributed by atoms with Crippen LogP contribution in [0.2, 0.25) is 0 Å². The number of carbonyl (C=O) groups is 1. The van der Waals surface area contributed by atoms with Gasteiger partial charge in [-0.3, -0.25) is 4.79 Å². The molecule has 1 amide bonds. The average molecular weight is 456 g/mol. The van der Waals surface area contributed by atoms with Crippen molar-refractivity contribution in [1.29, 1.82) is 0 Å². The quantitative estimate of drug-likeness (QED) is 0.511. The first-order chi connectivity index (χ1) is 14.1. The number of nitrogens with zero attached hydrogens (tertiary/aromatic N) is 3. The van der Waals surface area contributed by atoms with Crippen LogP contribution in [-0.2, 0) is 11.3 Å². The van der Waals surface area contributed by atoms with Gasteiger partial charge in [0, 0.05) is 29.5 Å². The molecule has 29 heavy (non-hydrogen) atoms. The SMILES string of the molecule is CCCOc1ccc(CN2CC(c3nc(-c4cccc(Br)c4)no3)CC2=O)cc1. The Morgan fingerprint density at radius 1 is 1.24 bits per heavy atom. The lowest BCUT2D eigenvalue weighted by Crippen LogP contribution is -2.24. The third kappa shape index (κ3) is 4.67. The molecule has 7 heteroatoms. The molecule has 150 valence electrons. The molecule has 0 N–H and O–H groups in total. The van der Waals surface area contributed by atoms with Crippen LogP contribution in [0.3, 0.4) is 0 Å². The van der Waals surface area contributed by atoms with Gasteiger partial charge >= 0.3 is 0 Å². The summed E-state index contributed by atoms with van der Waals surface area (Å²) in [6.07, 6.45) is 1.36. The lowest BCUT2D eigenvalue weighted by molar-refractivity contribution is -0.128. The smallest absolute Gasteiger partial charge is 0.232 e. The molecular formula is C22H22BrN3O3. The van der Waals surface area contributed by atoms with E-state index in [1.807, 2.05) is 53.4 Å². The molecule has 3 aromatic rings. The highest BCUT2D eigenvalue weighted by Gasteiger charge is 2.34. The van der Waals surface area contributed by atoms with Gasteiger partial charge in [-0.05, 0) is 36.2 Å². The van der Waals surface area contributed by atoms with E-state index in [4.69, 9.17) is 9.26 Å². The first-order valence-electron chi connectivity index (χ1n) is 9.71. The maximum atomic E-state index is 12.5. The number of hydrogen-bond acceptors (Lipinski definition) is 5. The minimum Gasteiger partial charge on any atom is -0.494 e. The predicted octanol–water partition coefficient (Wildman–Crippen LogP) is 4.80. The number of aromatic nitrogens is 2. The zero-order valence-electron chi connectivity index (χ0n) is 16.2. The average Bonchev–Trinajstić information content (AvgIpc) is 3.35. The van der Waals surface area contributed by atoms with E-state index in [2.05, 4.69) is 33.0 Å². The molecule has 4 rings (SSSR count). The summed E-state index contributed by atoms with van der Waals surface area (Å²) in [7, 11) is 0. The van der Waals surface area contributed by atoms with Crippen molar-refractivity contribution in [3.05, 3.63) is 64.5 Å². The fourth-order valence-electron chi connectivity index (χ4n) is 3.37. The maximum Gasteiger partial charge on any atom is 0.232 e. The molecule has 1 unspecified atom stereocenters. The summed E-state index contributed by atoms with van der Waals surface area (Å²) < 4.78 is 12.0. The molecule has 0 bridgehead atoms. The Hall–Kier alpha value is -2.67. The van der Waals surface area contributed by atoms with Crippen molar-refractivity contribution in [3.8, 4) is 17.1 Å². The number of halogens is 1. The van der Waals surface area contributed by atoms with E-state index in [0.29, 0.717) is 37.8 Å². The Morgan fingerprint density at radius 3 is 2.83 bits per heavy atom. The normalized spacial score (nSPS) is 16.4. The lowest BCUT2D eigenvalue weighted by atomic mass is 10.1. The number of likely N-dealkylation sites (tertiary alicyclic amines) is 1. The molecule has 0 spiro atoms. The van der Waals surface area contributed by atoms with Crippen molar-refractivity contribution >= 4 is 21.8 Å². The van der Waals surface area contributed by atoms with Gasteiger partial charge in [0.15, 0.2) is 0 Å². The largest absolute Gasteiger partial charge is 0.494 e. The molecule has 1 aromatic heterocycles. The molecule has 1 aliphatic heterocycles. The lowest BCUT2D eigenvalue weighted by Gasteiger charge is -2.16. The fourth-order valence-corrected chi connectivity index (χ4v) is 3.77. The molecule has 1 saturated heterocycles. The van der Waals surface area contributed by atoms with Crippen LogP contribution in [0.5, 0.6) is 5.75 Å². The molecular weight excluding hydrogens is 434 g/mol. The van der Waals surface area contributed by atoms with E-state index >= 15 is 0 Å². The Bertz CT molecular complexity index is 987. The van der Waals surface area contributed by atoms with Crippen LogP contribution >= 0.6 is 15.9 Å². The Kier molecular flexibility index (Phi) is 5.94. The second-order valence-corrected chi connectivity index (χ2v) is 8.05. The van der Waals surface area contributed by atoms with Gasteiger partial charge in [0.25, 0.3) is 0 Å². The third-order valence-electron chi connectivity index (χ3n) is 4.86. The summed E-state index contributed by atoms with van der Waals surface area (Å²) in [5.74, 6) is 1.92. The van der Waals surface area contributed by atoms with Gasteiger partial charge in [0.2, 0.25) is 17.6 Å². The first-order valence-corrected chi connectivity index (χ1v) is 10.5. The molecule has 1 aliphatic rings. The molecule has 6 nitrogen and oxygen atoms in total. The van der Waals surface area contributed by atoms with Crippen molar-refractivity contribution in [1.82, 2.24) is 15.0 Å². The second-order valence-electron chi connectivity index (χ2n) is 7.13. The van der Waals surface area contributed by atoms with Gasteiger partial charge < -0.3 is 14.2 Å². The number of carbonyl (C=O) groups excluding carboxylic acids is 1. The van der Waals surface area contributed by atoms with Crippen molar-refractivity contribution in [2.45, 2.75) is 32.2 Å². The van der Waals surface area contributed by atoms with Crippen LogP contribution < -0.4 is 4.74 Å². The fraction of sp³-hybridized carbons (Fsp3) is 0.318. The summed E-state index contributed by atoms with van der Waals surface area (Å²) in [5, 5.41) is 4.09. The highest BCUT2D eigenvalue weighted by atomic mass is 79.9. The topological polar surface area (TPSA) is 68.5 Å². The Morgan fingerprint density at radius 2 is 2.07 bits per heavy atom. The van der Waals surface area contributed by atoms with E-state index in [0.717, 1.165) is 27.8 Å². The van der Waals surface area contributed by atoms with Crippen molar-refractivity contribution in [2.24, 2.45) is 0 Å². The Labute approximate surface area is 178 Å². The summed E-state index contributed by atoms with van der Waals surface area (Å²) in [4.78, 5) is 18.9. The van der Waals surface area contributed by atoms with Gasteiger partial charge in [-0.25, -0.2) is 0 Å². The monoisotopic (exact) mass is 455 g/mol. The summed E-state index contributed by atoms with van der Waals surface area (Å²) >= 11 is 3.45. The molecule has 0 saturated carbocycles. The van der Waals surface area contributed by atoms with E-state index < -0.39 is 0 Å². The number of rotatable bonds is 7. The number of hydrogen-bond donors (Lipinski definition) is 0. The minimum atomic E-state index is -0.0805. The zero-order valence-corrected chi connectivity index (χ0v) is 17.8.